The van der Waals surface area contributed by atoms with Gasteiger partial charge in [-0.25, -0.2) is 4.39 Å². The first-order valence-electron chi connectivity index (χ1n) is 8.61. The smallest absolute Gasteiger partial charge is 0.224 e. The van der Waals surface area contributed by atoms with E-state index in [0.29, 0.717) is 31.8 Å². The largest absolute Gasteiger partial charge is 0.493 e. The Kier molecular flexibility index (Phi) is 5.61. The lowest BCUT2D eigenvalue weighted by atomic mass is 9.98. The second-order valence-corrected chi connectivity index (χ2v) is 6.22. The number of hydrogen-bond acceptors (Lipinski definition) is 4. The minimum absolute atomic E-state index is 0.0973. The summed E-state index contributed by atoms with van der Waals surface area (Å²) in [5, 5.41) is 3.14. The van der Waals surface area contributed by atoms with E-state index < -0.39 is 0 Å². The number of hydrogen-bond donors (Lipinski definition) is 1. The first-order chi connectivity index (χ1) is 12.6. The first kappa shape index (κ1) is 18.0. The zero-order valence-corrected chi connectivity index (χ0v) is 15.0. The predicted molar refractivity (Wildman–Crippen MR) is 98.2 cm³/mol. The molecule has 0 atom stereocenters. The number of amides is 1. The van der Waals surface area contributed by atoms with Crippen LogP contribution in [0.4, 0.5) is 10.1 Å². The third-order valence-electron chi connectivity index (χ3n) is 4.58. The predicted octanol–water partition coefficient (Wildman–Crippen LogP) is 3.23. The summed E-state index contributed by atoms with van der Waals surface area (Å²) in [6.45, 7) is 1.78. The maximum atomic E-state index is 12.9. The Balaban J connectivity index is 1.57. The van der Waals surface area contributed by atoms with Gasteiger partial charge in [0.05, 0.1) is 14.2 Å². The van der Waals surface area contributed by atoms with E-state index in [1.807, 2.05) is 17.0 Å². The Labute approximate surface area is 152 Å². The van der Waals surface area contributed by atoms with Gasteiger partial charge in [0.15, 0.2) is 11.5 Å². The van der Waals surface area contributed by atoms with Gasteiger partial charge in [-0.15, -0.1) is 0 Å². The highest BCUT2D eigenvalue weighted by atomic mass is 19.1. The van der Waals surface area contributed by atoms with E-state index >= 15 is 0 Å². The molecule has 1 aliphatic heterocycles. The normalized spacial score (nSPS) is 13.1. The van der Waals surface area contributed by atoms with E-state index in [1.54, 1.807) is 26.4 Å². The topological polar surface area (TPSA) is 50.8 Å². The van der Waals surface area contributed by atoms with Crippen LogP contribution in [-0.2, 0) is 17.8 Å². The van der Waals surface area contributed by atoms with Crippen LogP contribution in [0.2, 0.25) is 0 Å². The SMILES string of the molecule is COc1cc2c(cc1OC)CN(C(=O)CCNc1ccc(F)cc1)CC2. The highest BCUT2D eigenvalue weighted by Gasteiger charge is 2.22. The Morgan fingerprint density at radius 2 is 1.77 bits per heavy atom. The van der Waals surface area contributed by atoms with Crippen LogP contribution in [0.1, 0.15) is 17.5 Å². The van der Waals surface area contributed by atoms with Crippen molar-refractivity contribution in [3.05, 3.63) is 53.3 Å². The van der Waals surface area contributed by atoms with Crippen molar-refractivity contribution in [3.8, 4) is 11.5 Å². The van der Waals surface area contributed by atoms with Gasteiger partial charge in [-0.1, -0.05) is 0 Å². The molecule has 0 aromatic heterocycles. The van der Waals surface area contributed by atoms with Crippen LogP contribution in [0.25, 0.3) is 0 Å². The molecule has 26 heavy (non-hydrogen) atoms. The molecule has 0 unspecified atom stereocenters. The number of benzene rings is 2. The lowest BCUT2D eigenvalue weighted by molar-refractivity contribution is -0.131. The van der Waals surface area contributed by atoms with Gasteiger partial charge in [0, 0.05) is 31.7 Å². The van der Waals surface area contributed by atoms with Crippen molar-refractivity contribution < 1.29 is 18.7 Å². The molecule has 0 fully saturated rings. The third kappa shape index (κ3) is 4.07. The summed E-state index contributed by atoms with van der Waals surface area (Å²) in [7, 11) is 3.23. The quantitative estimate of drug-likeness (QED) is 0.861. The summed E-state index contributed by atoms with van der Waals surface area (Å²) in [5.41, 5.74) is 3.09. The maximum Gasteiger partial charge on any atom is 0.224 e. The minimum Gasteiger partial charge on any atom is -0.493 e. The van der Waals surface area contributed by atoms with E-state index in [9.17, 15) is 9.18 Å². The van der Waals surface area contributed by atoms with Gasteiger partial charge in [-0.2, -0.15) is 0 Å². The molecule has 6 heteroatoms. The van der Waals surface area contributed by atoms with Crippen molar-refractivity contribution in [2.75, 3.05) is 32.6 Å². The van der Waals surface area contributed by atoms with E-state index in [1.165, 1.54) is 17.7 Å². The molecule has 1 aliphatic rings. The molecule has 2 aromatic carbocycles. The summed E-state index contributed by atoms with van der Waals surface area (Å²) >= 11 is 0. The second kappa shape index (κ2) is 8.08. The fraction of sp³-hybridized carbons (Fsp3) is 0.350. The van der Waals surface area contributed by atoms with Crippen molar-refractivity contribution in [3.63, 3.8) is 0 Å². The van der Waals surface area contributed by atoms with Crippen LogP contribution < -0.4 is 14.8 Å². The number of fused-ring (bicyclic) bond motifs is 1. The number of methoxy groups -OCH3 is 2. The van der Waals surface area contributed by atoms with E-state index in [-0.39, 0.29) is 11.7 Å². The average molecular weight is 358 g/mol. The molecule has 5 nitrogen and oxygen atoms in total. The molecule has 0 aliphatic carbocycles. The zero-order chi connectivity index (χ0) is 18.5. The Morgan fingerprint density at radius 3 is 2.42 bits per heavy atom. The lowest BCUT2D eigenvalue weighted by Crippen LogP contribution is -2.36. The number of carbonyl (C=O) groups is 1. The molecule has 1 heterocycles. The summed E-state index contributed by atoms with van der Waals surface area (Å²) < 4.78 is 23.6. The van der Waals surface area contributed by atoms with Gasteiger partial charge in [0.2, 0.25) is 5.91 Å². The van der Waals surface area contributed by atoms with Gasteiger partial charge in [0.25, 0.3) is 0 Å². The molecule has 0 bridgehead atoms. The van der Waals surface area contributed by atoms with Crippen LogP contribution in [0.5, 0.6) is 11.5 Å². The fourth-order valence-corrected chi connectivity index (χ4v) is 3.14. The number of rotatable bonds is 6. The number of ether oxygens (including phenoxy) is 2. The van der Waals surface area contributed by atoms with Crippen molar-refractivity contribution in [1.29, 1.82) is 0 Å². The standard InChI is InChI=1S/C20H23FN2O3/c1-25-18-11-14-8-10-23(13-15(14)12-19(18)26-2)20(24)7-9-22-17-5-3-16(21)4-6-17/h3-6,11-12,22H,7-10,13H2,1-2H3. The van der Waals surface area contributed by atoms with Gasteiger partial charge >= 0.3 is 0 Å². The lowest BCUT2D eigenvalue weighted by Gasteiger charge is -2.29. The molecular weight excluding hydrogens is 335 g/mol. The van der Waals surface area contributed by atoms with Crippen LogP contribution in [-0.4, -0.2) is 38.1 Å². The van der Waals surface area contributed by atoms with Crippen molar-refractivity contribution in [2.24, 2.45) is 0 Å². The molecule has 0 radical (unpaired) electrons. The van der Waals surface area contributed by atoms with Crippen molar-refractivity contribution in [2.45, 2.75) is 19.4 Å². The van der Waals surface area contributed by atoms with E-state index in [2.05, 4.69) is 5.32 Å². The number of halogens is 1. The molecule has 1 N–H and O–H groups in total. The van der Waals surface area contributed by atoms with E-state index in [4.69, 9.17) is 9.47 Å². The molecule has 1 amide bonds. The second-order valence-electron chi connectivity index (χ2n) is 6.22. The van der Waals surface area contributed by atoms with Gasteiger partial charge < -0.3 is 19.7 Å². The van der Waals surface area contributed by atoms with Crippen LogP contribution >= 0.6 is 0 Å². The Morgan fingerprint density at radius 1 is 1.12 bits per heavy atom. The van der Waals surface area contributed by atoms with E-state index in [0.717, 1.165) is 23.4 Å². The average Bonchev–Trinajstić information content (AvgIpc) is 2.67. The molecule has 0 spiro atoms. The van der Waals surface area contributed by atoms with Crippen molar-refractivity contribution >= 4 is 11.6 Å². The Bertz CT molecular complexity index is 777. The molecule has 2 aromatic rings. The molecular formula is C20H23FN2O3. The first-order valence-corrected chi connectivity index (χ1v) is 8.61. The van der Waals surface area contributed by atoms with Gasteiger partial charge in [-0.3, -0.25) is 4.79 Å². The molecule has 138 valence electrons. The maximum absolute atomic E-state index is 12.9. The van der Waals surface area contributed by atoms with Gasteiger partial charge in [0.1, 0.15) is 5.82 Å². The third-order valence-corrected chi connectivity index (χ3v) is 4.58. The summed E-state index contributed by atoms with van der Waals surface area (Å²) in [6.07, 6.45) is 1.19. The van der Waals surface area contributed by atoms with Gasteiger partial charge in [-0.05, 0) is 53.9 Å². The van der Waals surface area contributed by atoms with Crippen LogP contribution in [0.15, 0.2) is 36.4 Å². The number of nitrogens with one attached hydrogen (secondary N) is 1. The molecule has 0 saturated carbocycles. The molecule has 3 rings (SSSR count). The van der Waals surface area contributed by atoms with Crippen LogP contribution in [0, 0.1) is 5.82 Å². The zero-order valence-electron chi connectivity index (χ0n) is 15.0. The summed E-state index contributed by atoms with van der Waals surface area (Å²) in [6, 6.07) is 10.1. The fourth-order valence-electron chi connectivity index (χ4n) is 3.14. The highest BCUT2D eigenvalue weighted by molar-refractivity contribution is 5.77. The summed E-state index contributed by atoms with van der Waals surface area (Å²) in [5.74, 6) is 1.22. The monoisotopic (exact) mass is 358 g/mol. The number of carbonyl (C=O) groups excluding carboxylic acids is 1. The van der Waals surface area contributed by atoms with Crippen LogP contribution in [0.3, 0.4) is 0 Å². The molecule has 0 saturated heterocycles. The summed E-state index contributed by atoms with van der Waals surface area (Å²) in [4.78, 5) is 14.4. The highest BCUT2D eigenvalue weighted by Crippen LogP contribution is 2.33. The number of anilines is 1. The van der Waals surface area contributed by atoms with Crippen molar-refractivity contribution in [1.82, 2.24) is 4.90 Å². The number of nitrogens with zero attached hydrogens (tertiary/aromatic N) is 1. The minimum atomic E-state index is -0.273. The Hall–Kier alpha value is -2.76.